The van der Waals surface area contributed by atoms with E-state index in [1.54, 1.807) is 35.8 Å². The summed E-state index contributed by atoms with van der Waals surface area (Å²) in [6.07, 6.45) is 1.94. The molecule has 1 fully saturated rings. The molecule has 154 valence electrons. The van der Waals surface area contributed by atoms with Crippen molar-refractivity contribution in [1.82, 2.24) is 19.7 Å². The second-order valence-corrected chi connectivity index (χ2v) is 7.82. The Morgan fingerprint density at radius 3 is 2.48 bits per heavy atom. The minimum Gasteiger partial charge on any atom is -0.390 e. The molecule has 29 heavy (non-hydrogen) atoms. The molecule has 1 aromatic carbocycles. The summed E-state index contributed by atoms with van der Waals surface area (Å²) >= 11 is 0. The Bertz CT molecular complexity index is 1090. The van der Waals surface area contributed by atoms with Crippen molar-refractivity contribution in [2.24, 2.45) is 5.92 Å². The number of hydrogen-bond donors (Lipinski definition) is 2. The Morgan fingerprint density at radius 2 is 1.97 bits per heavy atom. The number of fused-ring (bicyclic) bond motifs is 1. The number of aromatic nitrogens is 4. The lowest BCUT2D eigenvalue weighted by Crippen LogP contribution is -2.21. The zero-order chi connectivity index (χ0) is 20.9. The molecule has 2 heterocycles. The minimum atomic E-state index is -2.91. The van der Waals surface area contributed by atoms with Crippen LogP contribution in [0.4, 0.5) is 14.7 Å². The van der Waals surface area contributed by atoms with Crippen molar-refractivity contribution < 1.29 is 13.9 Å². The number of nitrogens with one attached hydrogen (secondary N) is 1. The highest BCUT2D eigenvalue weighted by Gasteiger charge is 2.37. The zero-order valence-electron chi connectivity index (χ0n) is 16.5. The number of H-pyrrole nitrogens is 1. The van der Waals surface area contributed by atoms with E-state index in [0.717, 1.165) is 25.3 Å². The van der Waals surface area contributed by atoms with Crippen molar-refractivity contribution in [3.63, 3.8) is 0 Å². The van der Waals surface area contributed by atoms with E-state index in [4.69, 9.17) is 0 Å². The monoisotopic (exact) mass is 403 g/mol. The van der Waals surface area contributed by atoms with E-state index in [1.807, 2.05) is 0 Å². The van der Waals surface area contributed by atoms with Crippen molar-refractivity contribution in [2.75, 3.05) is 19.0 Å². The summed E-state index contributed by atoms with van der Waals surface area (Å²) in [5.74, 6) is -2.27. The number of aliphatic hydroxyl groups is 1. The quantitative estimate of drug-likeness (QED) is 0.661. The number of hydrogen-bond acceptors (Lipinski definition) is 5. The second kappa shape index (κ2) is 6.91. The predicted molar refractivity (Wildman–Crippen MR) is 105 cm³/mol. The fourth-order valence-corrected chi connectivity index (χ4v) is 3.62. The summed E-state index contributed by atoms with van der Waals surface area (Å²) < 4.78 is 28.9. The third kappa shape index (κ3) is 3.50. The van der Waals surface area contributed by atoms with Crippen molar-refractivity contribution in [3.05, 3.63) is 51.4 Å². The van der Waals surface area contributed by atoms with Gasteiger partial charge in [-0.15, -0.1) is 0 Å². The van der Waals surface area contributed by atoms with Gasteiger partial charge in [0.25, 0.3) is 11.5 Å². The Balaban J connectivity index is 1.89. The first-order valence-corrected chi connectivity index (χ1v) is 9.48. The highest BCUT2D eigenvalue weighted by Crippen LogP contribution is 2.44. The van der Waals surface area contributed by atoms with E-state index in [9.17, 15) is 18.7 Å². The standard InChI is InChI=1S/C20H23F2N5O2/c1-20(21,22)13-8-6-12(7-9-13)16(11-4-5-11)27-17-15(14(10-28)25-27)18(29)24-19(23-17)26(2)3/h6-9,11,16,28H,4-5,10H2,1-3H3,(H,23,24,29)/t16-/m1/s1. The summed E-state index contributed by atoms with van der Waals surface area (Å²) in [6.45, 7) is 0.474. The van der Waals surface area contributed by atoms with Crippen molar-refractivity contribution in [2.45, 2.75) is 38.3 Å². The van der Waals surface area contributed by atoms with Gasteiger partial charge in [0, 0.05) is 26.6 Å². The van der Waals surface area contributed by atoms with Crippen LogP contribution in [-0.2, 0) is 12.5 Å². The molecule has 0 radical (unpaired) electrons. The molecule has 0 bridgehead atoms. The number of benzene rings is 1. The van der Waals surface area contributed by atoms with Gasteiger partial charge in [-0.05, 0) is 24.3 Å². The number of halogens is 2. The van der Waals surface area contributed by atoms with Gasteiger partial charge in [0.15, 0.2) is 5.65 Å². The van der Waals surface area contributed by atoms with Crippen LogP contribution in [-0.4, -0.2) is 39.0 Å². The van der Waals surface area contributed by atoms with E-state index in [-0.39, 0.29) is 34.2 Å². The second-order valence-electron chi connectivity index (χ2n) is 7.82. The SMILES string of the molecule is CN(C)c1nc2c(c(CO)nn2[C@@H](c2ccc(C(C)(F)F)cc2)C2CC2)c(=O)[nH]1. The lowest BCUT2D eigenvalue weighted by molar-refractivity contribution is 0.0174. The molecule has 9 heteroatoms. The zero-order valence-corrected chi connectivity index (χ0v) is 16.5. The number of anilines is 1. The summed E-state index contributed by atoms with van der Waals surface area (Å²) in [5, 5.41) is 14.5. The van der Waals surface area contributed by atoms with Crippen LogP contribution in [0.5, 0.6) is 0 Å². The van der Waals surface area contributed by atoms with Crippen LogP contribution in [0.2, 0.25) is 0 Å². The van der Waals surface area contributed by atoms with Gasteiger partial charge < -0.3 is 10.0 Å². The lowest BCUT2D eigenvalue weighted by atomic mass is 9.99. The number of nitrogens with zero attached hydrogens (tertiary/aromatic N) is 4. The smallest absolute Gasteiger partial charge is 0.270 e. The third-order valence-electron chi connectivity index (χ3n) is 5.29. The van der Waals surface area contributed by atoms with Gasteiger partial charge in [0.2, 0.25) is 5.95 Å². The van der Waals surface area contributed by atoms with Gasteiger partial charge >= 0.3 is 0 Å². The van der Waals surface area contributed by atoms with Crippen LogP contribution in [0.1, 0.15) is 42.6 Å². The Hall–Kier alpha value is -2.81. The first kappa shape index (κ1) is 19.5. The van der Waals surface area contributed by atoms with E-state index in [0.29, 0.717) is 11.6 Å². The van der Waals surface area contributed by atoms with E-state index in [1.165, 1.54) is 12.1 Å². The fraction of sp³-hybridized carbons (Fsp3) is 0.450. The van der Waals surface area contributed by atoms with E-state index < -0.39 is 12.5 Å². The number of aromatic amines is 1. The molecule has 0 amide bonds. The molecule has 0 saturated heterocycles. The number of alkyl halides is 2. The molecule has 0 spiro atoms. The molecule has 1 saturated carbocycles. The van der Waals surface area contributed by atoms with E-state index in [2.05, 4.69) is 15.1 Å². The average Bonchev–Trinajstić information content (AvgIpc) is 3.42. The molecule has 1 aliphatic rings. The fourth-order valence-electron chi connectivity index (χ4n) is 3.62. The largest absolute Gasteiger partial charge is 0.390 e. The van der Waals surface area contributed by atoms with Crippen LogP contribution in [0.3, 0.4) is 0 Å². The third-order valence-corrected chi connectivity index (χ3v) is 5.29. The molecule has 2 N–H and O–H groups in total. The first-order valence-electron chi connectivity index (χ1n) is 9.48. The van der Waals surface area contributed by atoms with Gasteiger partial charge in [0.05, 0.1) is 12.6 Å². The number of rotatable bonds is 6. The average molecular weight is 403 g/mol. The van der Waals surface area contributed by atoms with Gasteiger partial charge in [-0.3, -0.25) is 9.78 Å². The van der Waals surface area contributed by atoms with Crippen molar-refractivity contribution >= 4 is 17.0 Å². The maximum absolute atomic E-state index is 13.6. The Morgan fingerprint density at radius 1 is 1.31 bits per heavy atom. The maximum atomic E-state index is 13.6. The van der Waals surface area contributed by atoms with Gasteiger partial charge in [-0.25, -0.2) is 13.5 Å². The van der Waals surface area contributed by atoms with Crippen molar-refractivity contribution in [3.8, 4) is 0 Å². The molecule has 3 aromatic rings. The number of aliphatic hydroxyl groups excluding tert-OH is 1. The summed E-state index contributed by atoms with van der Waals surface area (Å²) in [4.78, 5) is 21.6. The van der Waals surface area contributed by atoms with Crippen molar-refractivity contribution in [1.29, 1.82) is 0 Å². The molecule has 1 aliphatic carbocycles. The molecule has 4 rings (SSSR count). The molecule has 2 aromatic heterocycles. The summed E-state index contributed by atoms with van der Waals surface area (Å²) in [5.41, 5.74) is 1.03. The Kier molecular flexibility index (Phi) is 4.65. The van der Waals surface area contributed by atoms with Crippen LogP contribution in [0, 0.1) is 5.92 Å². The minimum absolute atomic E-state index is 0.0540. The first-order chi connectivity index (χ1) is 13.7. The van der Waals surface area contributed by atoms with Gasteiger partial charge in [-0.1, -0.05) is 24.3 Å². The molecular formula is C20H23F2N5O2. The topological polar surface area (TPSA) is 87.0 Å². The molecule has 1 atom stereocenters. The van der Waals surface area contributed by atoms with E-state index >= 15 is 0 Å². The molecule has 7 nitrogen and oxygen atoms in total. The van der Waals surface area contributed by atoms with Crippen LogP contribution >= 0.6 is 0 Å². The normalized spacial score (nSPS) is 15.7. The molecular weight excluding hydrogens is 380 g/mol. The summed E-state index contributed by atoms with van der Waals surface area (Å²) in [6, 6.07) is 5.97. The summed E-state index contributed by atoms with van der Waals surface area (Å²) in [7, 11) is 3.53. The van der Waals surface area contributed by atoms with Gasteiger partial charge in [-0.2, -0.15) is 10.1 Å². The molecule has 0 aliphatic heterocycles. The highest BCUT2D eigenvalue weighted by atomic mass is 19.3. The van der Waals surface area contributed by atoms with Gasteiger partial charge in [0.1, 0.15) is 11.1 Å². The molecule has 0 unspecified atom stereocenters. The van der Waals surface area contributed by atoms with Crippen LogP contribution in [0.15, 0.2) is 29.1 Å². The maximum Gasteiger partial charge on any atom is 0.270 e. The lowest BCUT2D eigenvalue weighted by Gasteiger charge is -2.20. The van der Waals surface area contributed by atoms with Crippen LogP contribution < -0.4 is 10.5 Å². The highest BCUT2D eigenvalue weighted by molar-refractivity contribution is 5.78. The van der Waals surface area contributed by atoms with Crippen LogP contribution in [0.25, 0.3) is 11.0 Å². The predicted octanol–water partition coefficient (Wildman–Crippen LogP) is 2.79. The Labute approximate surface area is 166 Å².